The summed E-state index contributed by atoms with van der Waals surface area (Å²) in [6.45, 7) is 4.22. The molecule has 6 heteroatoms. The predicted molar refractivity (Wildman–Crippen MR) is 77.7 cm³/mol. The molecule has 1 unspecified atom stereocenters. The zero-order valence-electron chi connectivity index (χ0n) is 12.1. The lowest BCUT2D eigenvalue weighted by Crippen LogP contribution is -2.47. The van der Waals surface area contributed by atoms with Crippen LogP contribution in [0.25, 0.3) is 0 Å². The first kappa shape index (κ1) is 15.3. The first-order valence-corrected chi connectivity index (χ1v) is 7.48. The molecule has 1 aromatic rings. The van der Waals surface area contributed by atoms with Gasteiger partial charge in [0.05, 0.1) is 18.2 Å². The highest BCUT2D eigenvalue weighted by atomic mass is 35.5. The van der Waals surface area contributed by atoms with Gasteiger partial charge in [-0.05, 0) is 25.8 Å². The molecule has 1 N–H and O–H groups in total. The average molecular weight is 300 g/mol. The molecule has 1 saturated heterocycles. The van der Waals surface area contributed by atoms with Gasteiger partial charge < -0.3 is 9.67 Å². The minimum Gasteiger partial charge on any atom is -0.481 e. The second-order valence-corrected chi connectivity index (χ2v) is 6.09. The summed E-state index contributed by atoms with van der Waals surface area (Å²) in [6, 6.07) is 0. The lowest BCUT2D eigenvalue weighted by Gasteiger charge is -2.39. The van der Waals surface area contributed by atoms with E-state index in [9.17, 15) is 9.90 Å². The van der Waals surface area contributed by atoms with Crippen molar-refractivity contribution in [1.29, 1.82) is 0 Å². The van der Waals surface area contributed by atoms with E-state index in [1.165, 1.54) is 0 Å². The van der Waals surface area contributed by atoms with E-state index in [0.29, 0.717) is 18.2 Å². The monoisotopic (exact) mass is 299 g/mol. The van der Waals surface area contributed by atoms with Gasteiger partial charge in [-0.2, -0.15) is 0 Å². The Morgan fingerprint density at radius 1 is 1.60 bits per heavy atom. The van der Waals surface area contributed by atoms with E-state index in [1.807, 2.05) is 18.5 Å². The minimum absolute atomic E-state index is 0.595. The van der Waals surface area contributed by atoms with E-state index in [2.05, 4.69) is 9.88 Å². The highest BCUT2D eigenvalue weighted by Gasteiger charge is 2.41. The number of carboxylic acid groups (broad SMARTS) is 1. The molecule has 1 atom stereocenters. The fourth-order valence-corrected chi connectivity index (χ4v) is 3.24. The molecule has 1 fully saturated rings. The molecule has 5 nitrogen and oxygen atoms in total. The molecule has 1 aliphatic heterocycles. The number of halogens is 1. The quantitative estimate of drug-likeness (QED) is 0.908. The van der Waals surface area contributed by atoms with E-state index >= 15 is 0 Å². The molecule has 2 rings (SSSR count). The summed E-state index contributed by atoms with van der Waals surface area (Å²) in [5.41, 5.74) is -0.595. The van der Waals surface area contributed by atoms with Gasteiger partial charge >= 0.3 is 5.97 Å². The van der Waals surface area contributed by atoms with Crippen LogP contribution >= 0.6 is 11.6 Å². The molecule has 2 heterocycles. The minimum atomic E-state index is -0.665. The molecule has 20 heavy (non-hydrogen) atoms. The molecular formula is C14H22ClN3O2. The van der Waals surface area contributed by atoms with E-state index in [1.54, 1.807) is 6.20 Å². The molecule has 1 aliphatic rings. The van der Waals surface area contributed by atoms with Gasteiger partial charge in [-0.15, -0.1) is 0 Å². The maximum atomic E-state index is 11.7. The predicted octanol–water partition coefficient (Wildman–Crippen LogP) is 2.54. The number of nitrogens with zero attached hydrogens (tertiary/aromatic N) is 3. The Labute approximate surface area is 124 Å². The molecule has 0 radical (unpaired) electrons. The first-order valence-electron chi connectivity index (χ1n) is 7.10. The molecular weight excluding hydrogens is 278 g/mol. The van der Waals surface area contributed by atoms with Crippen molar-refractivity contribution in [3.8, 4) is 0 Å². The fourth-order valence-electron chi connectivity index (χ4n) is 3.10. The number of rotatable bonds is 5. The average Bonchev–Trinajstić information content (AvgIpc) is 2.71. The van der Waals surface area contributed by atoms with Gasteiger partial charge in [0, 0.05) is 13.6 Å². The molecule has 0 saturated carbocycles. The van der Waals surface area contributed by atoms with Gasteiger partial charge in [0.2, 0.25) is 0 Å². The zero-order valence-corrected chi connectivity index (χ0v) is 12.9. The van der Waals surface area contributed by atoms with Gasteiger partial charge in [-0.1, -0.05) is 24.9 Å². The van der Waals surface area contributed by atoms with Crippen molar-refractivity contribution in [2.45, 2.75) is 39.2 Å². The van der Waals surface area contributed by atoms with Gasteiger partial charge in [0.25, 0.3) is 0 Å². The van der Waals surface area contributed by atoms with Crippen molar-refractivity contribution in [3.63, 3.8) is 0 Å². The zero-order chi connectivity index (χ0) is 14.8. The first-order chi connectivity index (χ1) is 9.48. The summed E-state index contributed by atoms with van der Waals surface area (Å²) >= 11 is 5.99. The third-order valence-corrected chi connectivity index (χ3v) is 4.58. The smallest absolute Gasteiger partial charge is 0.310 e. The number of aliphatic carboxylic acids is 1. The van der Waals surface area contributed by atoms with Crippen molar-refractivity contribution in [2.75, 3.05) is 13.1 Å². The SMILES string of the molecule is CCCC1(C(=O)O)CCCN(Cc2ncc(Cl)n2C)C1. The van der Waals surface area contributed by atoms with E-state index in [4.69, 9.17) is 11.6 Å². The molecule has 0 aromatic carbocycles. The van der Waals surface area contributed by atoms with Crippen molar-refractivity contribution in [2.24, 2.45) is 12.5 Å². The van der Waals surface area contributed by atoms with Crippen LogP contribution in [-0.4, -0.2) is 38.6 Å². The Kier molecular flexibility index (Phi) is 4.70. The summed E-state index contributed by atoms with van der Waals surface area (Å²) in [5.74, 6) is 0.217. The second kappa shape index (κ2) is 6.14. The number of hydrogen-bond acceptors (Lipinski definition) is 3. The van der Waals surface area contributed by atoms with Crippen LogP contribution in [0.2, 0.25) is 5.15 Å². The van der Waals surface area contributed by atoms with Crippen LogP contribution in [0.5, 0.6) is 0 Å². The highest BCUT2D eigenvalue weighted by molar-refractivity contribution is 6.29. The maximum absolute atomic E-state index is 11.7. The molecule has 0 bridgehead atoms. The van der Waals surface area contributed by atoms with Crippen molar-refractivity contribution in [3.05, 3.63) is 17.2 Å². The van der Waals surface area contributed by atoms with Gasteiger partial charge in [-0.25, -0.2) is 4.98 Å². The van der Waals surface area contributed by atoms with Gasteiger partial charge in [-0.3, -0.25) is 9.69 Å². The summed E-state index contributed by atoms with van der Waals surface area (Å²) in [5, 5.41) is 10.2. The maximum Gasteiger partial charge on any atom is 0.310 e. The summed E-state index contributed by atoms with van der Waals surface area (Å²) < 4.78 is 1.85. The van der Waals surface area contributed by atoms with Crippen LogP contribution < -0.4 is 0 Å². The van der Waals surface area contributed by atoms with Crippen LogP contribution in [0.4, 0.5) is 0 Å². The van der Waals surface area contributed by atoms with Crippen molar-refractivity contribution < 1.29 is 9.90 Å². The largest absolute Gasteiger partial charge is 0.481 e. The Bertz CT molecular complexity index is 485. The summed E-state index contributed by atoms with van der Waals surface area (Å²) in [4.78, 5) is 18.1. The standard InChI is InChI=1S/C14H22ClN3O2/c1-3-5-14(13(19)20)6-4-7-18(10-14)9-12-16-8-11(15)17(12)2/h8H,3-7,9-10H2,1-2H3,(H,19,20). The van der Waals surface area contributed by atoms with Crippen molar-refractivity contribution >= 4 is 17.6 Å². The van der Waals surface area contributed by atoms with Gasteiger partial charge in [0.15, 0.2) is 0 Å². The number of carbonyl (C=O) groups is 1. The van der Waals surface area contributed by atoms with Crippen LogP contribution in [0.3, 0.4) is 0 Å². The number of imidazole rings is 1. The van der Waals surface area contributed by atoms with E-state index in [0.717, 1.165) is 38.1 Å². The molecule has 0 aliphatic carbocycles. The van der Waals surface area contributed by atoms with Crippen LogP contribution in [0.1, 0.15) is 38.4 Å². The third-order valence-electron chi connectivity index (χ3n) is 4.23. The molecule has 112 valence electrons. The summed E-state index contributed by atoms with van der Waals surface area (Å²) in [7, 11) is 1.88. The Morgan fingerprint density at radius 2 is 2.35 bits per heavy atom. The second-order valence-electron chi connectivity index (χ2n) is 5.71. The normalized spacial score (nSPS) is 23.9. The van der Waals surface area contributed by atoms with Crippen LogP contribution in [-0.2, 0) is 18.4 Å². The number of aromatic nitrogens is 2. The molecule has 0 amide bonds. The Balaban J connectivity index is 2.10. The van der Waals surface area contributed by atoms with Gasteiger partial charge in [0.1, 0.15) is 11.0 Å². The number of likely N-dealkylation sites (tertiary alicyclic amines) is 1. The van der Waals surface area contributed by atoms with E-state index in [-0.39, 0.29) is 0 Å². The van der Waals surface area contributed by atoms with Crippen molar-refractivity contribution in [1.82, 2.24) is 14.5 Å². The lowest BCUT2D eigenvalue weighted by atomic mass is 9.76. The lowest BCUT2D eigenvalue weighted by molar-refractivity contribution is -0.153. The van der Waals surface area contributed by atoms with Crippen LogP contribution in [0.15, 0.2) is 6.20 Å². The molecule has 0 spiro atoms. The molecule has 1 aromatic heterocycles. The number of carboxylic acids is 1. The topological polar surface area (TPSA) is 58.4 Å². The fraction of sp³-hybridized carbons (Fsp3) is 0.714. The van der Waals surface area contributed by atoms with E-state index < -0.39 is 11.4 Å². The van der Waals surface area contributed by atoms with Crippen LogP contribution in [0, 0.1) is 5.41 Å². The Hall–Kier alpha value is -1.07. The number of piperidine rings is 1. The third kappa shape index (κ3) is 2.99. The summed E-state index contributed by atoms with van der Waals surface area (Å²) in [6.07, 6.45) is 4.96. The highest BCUT2D eigenvalue weighted by Crippen LogP contribution is 2.35. The number of hydrogen-bond donors (Lipinski definition) is 1. The Morgan fingerprint density at radius 3 is 2.90 bits per heavy atom.